The first kappa shape index (κ1) is 22.4. The van der Waals surface area contributed by atoms with E-state index in [2.05, 4.69) is 42.6 Å². The summed E-state index contributed by atoms with van der Waals surface area (Å²) >= 11 is 0. The number of hydrazone groups is 1. The quantitative estimate of drug-likeness (QED) is 0.266. The van der Waals surface area contributed by atoms with Gasteiger partial charge in [0.2, 0.25) is 0 Å². The largest absolute Gasteiger partial charge is 0.276 e. The molecule has 0 unspecified atom stereocenters. The summed E-state index contributed by atoms with van der Waals surface area (Å²) in [4.78, 5) is 4.76. The van der Waals surface area contributed by atoms with Crippen molar-refractivity contribution in [3.8, 4) is 6.07 Å². The van der Waals surface area contributed by atoms with E-state index in [1.165, 1.54) is 5.56 Å². The van der Waals surface area contributed by atoms with E-state index in [1.807, 2.05) is 71.6 Å². The van der Waals surface area contributed by atoms with Gasteiger partial charge in [-0.25, -0.2) is 4.98 Å². The molecule has 5 rings (SSSR count). The molecule has 0 bridgehead atoms. The van der Waals surface area contributed by atoms with Crippen molar-refractivity contribution in [1.82, 2.24) is 19.2 Å². The Labute approximate surface area is 204 Å². The third kappa shape index (κ3) is 3.83. The van der Waals surface area contributed by atoms with Crippen molar-refractivity contribution in [2.24, 2.45) is 5.10 Å². The van der Waals surface area contributed by atoms with Crippen LogP contribution in [0.5, 0.6) is 0 Å². The van der Waals surface area contributed by atoms with E-state index < -0.39 is 0 Å². The number of aryl methyl sites for hydroxylation is 1. The number of anilines is 1. The number of nitriles is 1. The SMILES string of the molecule is CCc1c(C)c(C#N)c2nc3ccccc3n2c1N/N=C\c1c(C)nn(Cc2ccccc2)c1C. The summed E-state index contributed by atoms with van der Waals surface area (Å²) in [5.41, 5.74) is 12.5. The Bertz CT molecular complexity index is 1610. The van der Waals surface area contributed by atoms with Crippen molar-refractivity contribution >= 4 is 28.7 Å². The Morgan fingerprint density at radius 1 is 1.06 bits per heavy atom. The average Bonchev–Trinajstić information content (AvgIpc) is 3.37. The van der Waals surface area contributed by atoms with Gasteiger partial charge in [0.25, 0.3) is 0 Å². The molecule has 0 saturated carbocycles. The van der Waals surface area contributed by atoms with Gasteiger partial charge in [-0.2, -0.15) is 15.5 Å². The highest BCUT2D eigenvalue weighted by Gasteiger charge is 2.19. The van der Waals surface area contributed by atoms with Crippen molar-refractivity contribution < 1.29 is 0 Å². The minimum absolute atomic E-state index is 0.599. The topological polar surface area (TPSA) is 83.3 Å². The third-order valence-electron chi connectivity index (χ3n) is 6.56. The molecule has 0 aliphatic rings. The molecule has 35 heavy (non-hydrogen) atoms. The van der Waals surface area contributed by atoms with Crippen molar-refractivity contribution in [3.63, 3.8) is 0 Å². The van der Waals surface area contributed by atoms with Gasteiger partial charge in [-0.05, 0) is 56.0 Å². The fraction of sp³-hybridized carbons (Fsp3) is 0.214. The Hall–Kier alpha value is -4.44. The van der Waals surface area contributed by atoms with Gasteiger partial charge in [0, 0.05) is 11.3 Å². The molecule has 5 aromatic rings. The van der Waals surface area contributed by atoms with Crippen LogP contribution in [0.25, 0.3) is 16.7 Å². The van der Waals surface area contributed by atoms with E-state index in [4.69, 9.17) is 10.1 Å². The summed E-state index contributed by atoms with van der Waals surface area (Å²) in [5.74, 6) is 0.830. The molecule has 3 aromatic heterocycles. The molecule has 174 valence electrons. The van der Waals surface area contributed by atoms with Crippen molar-refractivity contribution in [1.29, 1.82) is 5.26 Å². The molecule has 7 nitrogen and oxygen atoms in total. The van der Waals surface area contributed by atoms with Crippen LogP contribution in [-0.2, 0) is 13.0 Å². The first-order valence-electron chi connectivity index (χ1n) is 11.7. The lowest BCUT2D eigenvalue weighted by Gasteiger charge is -2.15. The van der Waals surface area contributed by atoms with Gasteiger partial charge in [0.1, 0.15) is 11.9 Å². The molecule has 1 N–H and O–H groups in total. The molecular formula is C28H27N7. The number of aromatic nitrogens is 4. The van der Waals surface area contributed by atoms with E-state index in [9.17, 15) is 5.26 Å². The highest BCUT2D eigenvalue weighted by molar-refractivity contribution is 5.87. The van der Waals surface area contributed by atoms with Crippen LogP contribution in [0, 0.1) is 32.1 Å². The smallest absolute Gasteiger partial charge is 0.157 e. The van der Waals surface area contributed by atoms with Gasteiger partial charge in [-0.15, -0.1) is 0 Å². The van der Waals surface area contributed by atoms with Gasteiger partial charge in [-0.3, -0.25) is 14.5 Å². The maximum absolute atomic E-state index is 9.88. The van der Waals surface area contributed by atoms with E-state index in [0.29, 0.717) is 17.8 Å². The molecule has 7 heteroatoms. The Kier molecular flexibility index (Phi) is 5.79. The molecule has 0 radical (unpaired) electrons. The standard InChI is InChI=1S/C28H27N7/c1-5-22-18(2)23(15-29)27-31-25-13-9-10-14-26(25)35(27)28(22)32-30-16-24-19(3)33-34(20(24)4)17-21-11-7-6-8-12-21/h6-14,16,32H,5,17H2,1-4H3/b30-16-. The Morgan fingerprint density at radius 2 is 1.80 bits per heavy atom. The predicted octanol–water partition coefficient (Wildman–Crippen LogP) is 5.54. The zero-order chi connectivity index (χ0) is 24.5. The number of hydrogen-bond donors (Lipinski definition) is 1. The fourth-order valence-electron chi connectivity index (χ4n) is 4.70. The molecule has 3 heterocycles. The minimum atomic E-state index is 0.599. The molecule has 0 saturated heterocycles. The molecule has 0 spiro atoms. The number of pyridine rings is 1. The molecule has 0 atom stereocenters. The molecule has 0 amide bonds. The molecule has 2 aromatic carbocycles. The maximum Gasteiger partial charge on any atom is 0.157 e. The van der Waals surface area contributed by atoms with Crippen molar-refractivity contribution in [2.75, 3.05) is 5.43 Å². The highest BCUT2D eigenvalue weighted by Crippen LogP contribution is 2.31. The monoisotopic (exact) mass is 461 g/mol. The van der Waals surface area contributed by atoms with Gasteiger partial charge in [-0.1, -0.05) is 49.4 Å². The van der Waals surface area contributed by atoms with E-state index >= 15 is 0 Å². The summed E-state index contributed by atoms with van der Waals surface area (Å²) in [5, 5.41) is 19.3. The first-order valence-corrected chi connectivity index (χ1v) is 11.7. The zero-order valence-corrected chi connectivity index (χ0v) is 20.4. The highest BCUT2D eigenvalue weighted by atomic mass is 15.3. The summed E-state index contributed by atoms with van der Waals surface area (Å²) in [6, 6.07) is 20.6. The Balaban J connectivity index is 1.56. The number of benzene rings is 2. The molecule has 0 fully saturated rings. The zero-order valence-electron chi connectivity index (χ0n) is 20.4. The summed E-state index contributed by atoms with van der Waals surface area (Å²) in [7, 11) is 0. The van der Waals surface area contributed by atoms with Crippen LogP contribution >= 0.6 is 0 Å². The second kappa shape index (κ2) is 9.07. The van der Waals surface area contributed by atoms with Crippen LogP contribution in [0.3, 0.4) is 0 Å². The lowest BCUT2D eigenvalue weighted by Crippen LogP contribution is -2.08. The molecule has 0 aliphatic carbocycles. The predicted molar refractivity (Wildman–Crippen MR) is 140 cm³/mol. The second-order valence-electron chi connectivity index (χ2n) is 8.65. The van der Waals surface area contributed by atoms with Crippen LogP contribution in [0.4, 0.5) is 5.82 Å². The number of para-hydroxylation sites is 2. The number of rotatable bonds is 6. The van der Waals surface area contributed by atoms with Gasteiger partial charge < -0.3 is 0 Å². The van der Waals surface area contributed by atoms with Crippen LogP contribution < -0.4 is 5.43 Å². The molecule has 0 aliphatic heterocycles. The fourth-order valence-corrected chi connectivity index (χ4v) is 4.70. The molecular weight excluding hydrogens is 434 g/mol. The van der Waals surface area contributed by atoms with Crippen LogP contribution in [0.1, 0.15) is 46.1 Å². The Morgan fingerprint density at radius 3 is 2.54 bits per heavy atom. The van der Waals surface area contributed by atoms with Gasteiger partial charge >= 0.3 is 0 Å². The van der Waals surface area contributed by atoms with E-state index in [1.54, 1.807) is 0 Å². The lowest BCUT2D eigenvalue weighted by atomic mass is 10.0. The summed E-state index contributed by atoms with van der Waals surface area (Å²) in [6.07, 6.45) is 2.59. The van der Waals surface area contributed by atoms with Gasteiger partial charge in [0.05, 0.1) is 35.1 Å². The summed E-state index contributed by atoms with van der Waals surface area (Å²) < 4.78 is 4.02. The number of hydrogen-bond acceptors (Lipinski definition) is 5. The maximum atomic E-state index is 9.88. The van der Waals surface area contributed by atoms with Crippen molar-refractivity contribution in [3.05, 3.63) is 93.8 Å². The van der Waals surface area contributed by atoms with Gasteiger partial charge in [0.15, 0.2) is 5.65 Å². The number of fused-ring (bicyclic) bond motifs is 3. The number of nitrogens with zero attached hydrogens (tertiary/aromatic N) is 6. The number of nitrogens with one attached hydrogen (secondary N) is 1. The third-order valence-corrected chi connectivity index (χ3v) is 6.56. The van der Waals surface area contributed by atoms with Crippen LogP contribution in [0.15, 0.2) is 59.7 Å². The number of imidazole rings is 1. The second-order valence-corrected chi connectivity index (χ2v) is 8.65. The average molecular weight is 462 g/mol. The first-order chi connectivity index (χ1) is 17.0. The van der Waals surface area contributed by atoms with Crippen LogP contribution in [0.2, 0.25) is 0 Å². The van der Waals surface area contributed by atoms with Crippen molar-refractivity contribution in [2.45, 2.75) is 40.7 Å². The lowest BCUT2D eigenvalue weighted by molar-refractivity contribution is 0.659. The summed E-state index contributed by atoms with van der Waals surface area (Å²) in [6.45, 7) is 8.85. The normalized spacial score (nSPS) is 11.5. The van der Waals surface area contributed by atoms with E-state index in [0.717, 1.165) is 51.4 Å². The van der Waals surface area contributed by atoms with E-state index in [-0.39, 0.29) is 0 Å². The van der Waals surface area contributed by atoms with Crippen LogP contribution in [-0.4, -0.2) is 25.4 Å². The minimum Gasteiger partial charge on any atom is -0.276 e.